The predicted octanol–water partition coefficient (Wildman–Crippen LogP) is 15.7. The number of ether oxygens (including phenoxy) is 4. The number of phenols is 2. The van der Waals surface area contributed by atoms with Crippen molar-refractivity contribution in [1.82, 2.24) is 49.1 Å². The minimum Gasteiger partial charge on any atom is -0.508 e. The lowest BCUT2D eigenvalue weighted by Crippen LogP contribution is -2.40. The SMILES string of the molecule is C#Cc1cc2c(cc1Sc1nc3c(N)nccc3n1CCCN(C(=S)Nc1ccc(-c3c4ccc(=O)cc-4oc4cc(O)ccc34)c(C(=O)O)c1)C(C)C)OCO2.CC(C)N(CCCn1c(Sc2cc3c(cc2-c2ccn[nH]2)OCO3)nc2c(N)nccc21)C(=S)Nc1ccc(-c2c3ccc(=O)cc-3oc3cc(O)ccc23)c(C(=O)O)c1. The molecule has 0 saturated heterocycles. The Balaban J connectivity index is 0.000000175. The first kappa shape index (κ1) is 77.1. The first-order valence-corrected chi connectivity index (χ1v) is 39.2. The van der Waals surface area contributed by atoms with E-state index < -0.39 is 11.9 Å². The zero-order valence-corrected chi connectivity index (χ0v) is 66.0. The van der Waals surface area contributed by atoms with Crippen molar-refractivity contribution in [3.05, 3.63) is 207 Å². The molecule has 9 heterocycles. The van der Waals surface area contributed by atoms with Crippen molar-refractivity contribution in [2.75, 3.05) is 48.8 Å². The first-order valence-electron chi connectivity index (χ1n) is 36.7. The summed E-state index contributed by atoms with van der Waals surface area (Å²) in [6, 6.07) is 41.1. The number of nitrogens with one attached hydrogen (secondary N) is 3. The number of phenolic OH excluding ortho intramolecular Hbond substituents is 2. The number of hydrogen-bond donors (Lipinski definition) is 9. The number of carbonyl (C=O) groups is 2. The molecule has 5 aromatic heterocycles. The molecule has 0 saturated carbocycles. The Morgan fingerprint density at radius 3 is 1.47 bits per heavy atom. The van der Waals surface area contributed by atoms with Crippen molar-refractivity contribution in [2.24, 2.45) is 0 Å². The first-order chi connectivity index (χ1) is 56.5. The molecule has 0 atom stereocenters. The van der Waals surface area contributed by atoms with E-state index in [4.69, 9.17) is 80.1 Å². The lowest BCUT2D eigenvalue weighted by Gasteiger charge is -2.30. The molecule has 17 rings (SSSR count). The van der Waals surface area contributed by atoms with Crippen LogP contribution in [0.2, 0.25) is 0 Å². The Labute approximate surface area is 684 Å². The number of aromatic hydroxyl groups is 2. The van der Waals surface area contributed by atoms with Gasteiger partial charge in [-0.2, -0.15) is 5.10 Å². The molecule has 6 aromatic carbocycles. The van der Waals surface area contributed by atoms with E-state index in [1.807, 2.05) is 73.9 Å². The molecule has 28 nitrogen and oxygen atoms in total. The summed E-state index contributed by atoms with van der Waals surface area (Å²) in [5.74, 6) is 4.03. The average molecular weight is 1640 g/mol. The van der Waals surface area contributed by atoms with Crippen LogP contribution in [-0.4, -0.2) is 130 Å². The number of aromatic carboxylic acids is 2. The number of thiocarbonyl (C=S) groups is 2. The number of benzene rings is 8. The topological polar surface area (TPSA) is 385 Å². The molecule has 0 fully saturated rings. The molecule has 588 valence electrons. The molecule has 117 heavy (non-hydrogen) atoms. The summed E-state index contributed by atoms with van der Waals surface area (Å²) in [7, 11) is 0. The van der Waals surface area contributed by atoms with E-state index in [0.717, 1.165) is 32.1 Å². The molecule has 11 aromatic rings. The maximum absolute atomic E-state index is 12.9. The summed E-state index contributed by atoms with van der Waals surface area (Å²) in [6.07, 6.45) is 12.2. The lowest BCUT2D eigenvalue weighted by molar-refractivity contribution is 0.0687. The largest absolute Gasteiger partial charge is 0.508 e. The van der Waals surface area contributed by atoms with Gasteiger partial charge in [-0.3, -0.25) is 14.7 Å². The maximum Gasteiger partial charge on any atom is 0.336 e. The van der Waals surface area contributed by atoms with Crippen LogP contribution in [0.3, 0.4) is 0 Å². The average Bonchev–Trinajstić information content (AvgIpc) is 1.36. The van der Waals surface area contributed by atoms with Gasteiger partial charge in [0.25, 0.3) is 0 Å². The monoisotopic (exact) mass is 1640 g/mol. The number of nitrogen functional groups attached to an aromatic ring is 2. The number of rotatable bonds is 21. The van der Waals surface area contributed by atoms with Crippen molar-refractivity contribution >= 4 is 137 Å². The van der Waals surface area contributed by atoms with Gasteiger partial charge in [0.2, 0.25) is 13.6 Å². The highest BCUT2D eigenvalue weighted by molar-refractivity contribution is 7.99. The van der Waals surface area contributed by atoms with E-state index in [1.165, 1.54) is 78.1 Å². The Bertz CT molecular complexity index is 6620. The van der Waals surface area contributed by atoms with Gasteiger partial charge in [-0.05, 0) is 185 Å². The summed E-state index contributed by atoms with van der Waals surface area (Å²) >= 11 is 14.8. The van der Waals surface area contributed by atoms with Gasteiger partial charge in [-0.15, -0.1) is 6.42 Å². The number of hydrogen-bond acceptors (Lipinski definition) is 23. The van der Waals surface area contributed by atoms with E-state index in [0.29, 0.717) is 177 Å². The number of anilines is 4. The van der Waals surface area contributed by atoms with Crippen LogP contribution in [-0.2, 0) is 13.1 Å². The molecular weight excluding hydrogens is 1570 g/mol. The number of terminal acetylenes is 1. The third kappa shape index (κ3) is 15.5. The molecule has 0 radical (unpaired) electrons. The normalized spacial score (nSPS) is 12.1. The zero-order chi connectivity index (χ0) is 81.6. The van der Waals surface area contributed by atoms with Gasteiger partial charge >= 0.3 is 11.9 Å². The fraction of sp³-hybridized carbons (Fsp3) is 0.165. The van der Waals surface area contributed by atoms with Crippen molar-refractivity contribution in [1.29, 1.82) is 0 Å². The molecular formula is C85H70N14O14S4. The number of H-pyrrole nitrogens is 1. The van der Waals surface area contributed by atoms with Crippen LogP contribution >= 0.6 is 48.0 Å². The standard InChI is InChI=1S/C43H36N8O7S2.C42H34N6O7S2/c1-22(2)50(42(59)47-23-4-7-26(29(16-23)41(54)55)38-27-8-5-24(52)17-33(27)58-34-18-25(53)6-9-28(34)38)14-3-15-51-32-11-12-45-40(44)39(32)48-43(51)60-37-20-36-35(56-21-57-36)19-30(37)31-10-13-46-49-31;1-4-23-16-34-35(54-21-53-34)20-36(23)57-42-46-38-31(12-13-44-39(38)43)48(42)15-5-14-47(22(2)3)41(56)45-24-6-9-27(30(17-24)40(51)52)37-28-10-7-25(49)18-32(28)55-33-19-26(50)8-11-29(33)37/h4-13,16-20,22,52H,3,14-15,21H2,1-2H3,(H2,44,45)(H,46,49)(H,47,59)(H,54,55);1,6-13,16-20,22,49H,5,14-15,21H2,2-3H3,(H2,43,44)(H,45,56)(H,51,52). The van der Waals surface area contributed by atoms with Crippen LogP contribution in [0.5, 0.6) is 34.5 Å². The Morgan fingerprint density at radius 1 is 0.564 bits per heavy atom. The van der Waals surface area contributed by atoms with Crippen molar-refractivity contribution in [2.45, 2.75) is 85.8 Å². The van der Waals surface area contributed by atoms with Gasteiger partial charge in [-0.25, -0.2) is 29.5 Å². The van der Waals surface area contributed by atoms with Crippen molar-refractivity contribution < 1.29 is 57.8 Å². The van der Waals surface area contributed by atoms with Crippen LogP contribution in [0.1, 0.15) is 66.8 Å². The smallest absolute Gasteiger partial charge is 0.336 e. The number of imidazole rings is 2. The van der Waals surface area contributed by atoms with E-state index in [-0.39, 0.29) is 70.7 Å². The third-order valence-corrected chi connectivity index (χ3v) is 22.6. The molecule has 4 aliphatic heterocycles. The number of nitrogens with two attached hydrogens (primary N) is 2. The van der Waals surface area contributed by atoms with Crippen LogP contribution in [0, 0.1) is 12.3 Å². The second-order valence-corrected chi connectivity index (χ2v) is 30.6. The van der Waals surface area contributed by atoms with Crippen LogP contribution in [0.25, 0.3) is 100 Å². The van der Waals surface area contributed by atoms with E-state index in [1.54, 1.807) is 79.3 Å². The van der Waals surface area contributed by atoms with E-state index in [9.17, 15) is 39.6 Å². The van der Waals surface area contributed by atoms with Crippen LogP contribution < -0.4 is 51.9 Å². The summed E-state index contributed by atoms with van der Waals surface area (Å²) < 4.78 is 38.7. The Hall–Kier alpha value is -13.9. The second-order valence-electron chi connectivity index (χ2n) is 27.8. The molecule has 11 N–H and O–H groups in total. The van der Waals surface area contributed by atoms with Gasteiger partial charge in [0, 0.05) is 153 Å². The minimum atomic E-state index is -1.16. The van der Waals surface area contributed by atoms with Gasteiger partial charge in [0.15, 0.2) is 66.0 Å². The number of carboxylic acids is 2. The summed E-state index contributed by atoms with van der Waals surface area (Å²) in [5, 5.41) is 58.4. The van der Waals surface area contributed by atoms with Crippen LogP contribution in [0.4, 0.5) is 23.0 Å². The second kappa shape index (κ2) is 32.2. The molecule has 0 unspecified atom stereocenters. The zero-order valence-electron chi connectivity index (χ0n) is 62.7. The number of fused-ring (bicyclic) bond motifs is 8. The highest BCUT2D eigenvalue weighted by Gasteiger charge is 2.30. The fourth-order valence-electron chi connectivity index (χ4n) is 14.3. The third-order valence-electron chi connectivity index (χ3n) is 19.8. The molecule has 6 aliphatic rings. The van der Waals surface area contributed by atoms with E-state index in [2.05, 4.69) is 45.9 Å². The Kier molecular flexibility index (Phi) is 21.2. The van der Waals surface area contributed by atoms with Gasteiger partial charge in [-0.1, -0.05) is 41.6 Å². The van der Waals surface area contributed by atoms with E-state index >= 15 is 0 Å². The number of aromatic amines is 1. The molecule has 0 spiro atoms. The van der Waals surface area contributed by atoms with Gasteiger partial charge < -0.3 is 89.2 Å². The minimum absolute atomic E-state index is 0.00335. The number of nitrogens with zero attached hydrogens (tertiary/aromatic N) is 9. The summed E-state index contributed by atoms with van der Waals surface area (Å²) in [6.45, 7) is 10.6. The predicted molar refractivity (Wildman–Crippen MR) is 454 cm³/mol. The fourth-order valence-corrected chi connectivity index (χ4v) is 17.3. The lowest BCUT2D eigenvalue weighted by atomic mass is 9.90. The Morgan fingerprint density at radius 2 is 1.02 bits per heavy atom. The summed E-state index contributed by atoms with van der Waals surface area (Å²) in [4.78, 5) is 74.3. The number of aromatic nitrogens is 8. The van der Waals surface area contributed by atoms with Crippen molar-refractivity contribution in [3.63, 3.8) is 0 Å². The number of carboxylic acid groups (broad SMARTS) is 2. The number of pyridine rings is 2. The number of aryl methyl sites for hydroxylation is 2. The molecule has 0 bridgehead atoms. The quantitative estimate of drug-likeness (QED) is 0.0183. The van der Waals surface area contributed by atoms with Gasteiger partial charge in [0.05, 0.1) is 27.9 Å². The van der Waals surface area contributed by atoms with Gasteiger partial charge in [0.1, 0.15) is 45.2 Å². The summed E-state index contributed by atoms with van der Waals surface area (Å²) in [5.41, 5.74) is 21.9. The molecule has 0 amide bonds. The van der Waals surface area contributed by atoms with Crippen LogP contribution in [0.15, 0.2) is 209 Å². The highest BCUT2D eigenvalue weighted by atomic mass is 32.2. The molecule has 32 heteroatoms. The molecule has 2 aliphatic carbocycles. The maximum atomic E-state index is 12.9. The highest BCUT2D eigenvalue weighted by Crippen LogP contribution is 2.48. The van der Waals surface area contributed by atoms with Crippen molar-refractivity contribution in [3.8, 4) is 103 Å².